The Bertz CT molecular complexity index is 68.1. The quantitative estimate of drug-likeness (QED) is 0.453. The highest BCUT2D eigenvalue weighted by Gasteiger charge is 2.03. The van der Waals surface area contributed by atoms with Crippen molar-refractivity contribution in [3.8, 4) is 0 Å². The molecule has 1 atom stereocenters. The van der Waals surface area contributed by atoms with E-state index in [-0.39, 0.29) is 6.23 Å². The highest BCUT2D eigenvalue weighted by molar-refractivity contribution is 14.1. The first-order valence-corrected chi connectivity index (χ1v) is 4.61. The Morgan fingerprint density at radius 1 is 1.56 bits per heavy atom. The molecule has 56 valence electrons. The van der Waals surface area contributed by atoms with Crippen LogP contribution < -0.4 is 0 Å². The largest absolute Gasteiger partial charge is 0.378 e. The SMILES string of the molecule is CN(C)C(O)CCCI. The normalized spacial score (nSPS) is 14.3. The summed E-state index contributed by atoms with van der Waals surface area (Å²) in [7, 11) is 3.77. The summed E-state index contributed by atoms with van der Waals surface area (Å²) in [6.45, 7) is 0. The van der Waals surface area contributed by atoms with Gasteiger partial charge in [-0.3, -0.25) is 4.90 Å². The number of rotatable bonds is 4. The van der Waals surface area contributed by atoms with E-state index in [9.17, 15) is 5.11 Å². The molecule has 0 fully saturated rings. The summed E-state index contributed by atoms with van der Waals surface area (Å²) in [5.74, 6) is 0. The molecule has 0 aromatic heterocycles. The summed E-state index contributed by atoms with van der Waals surface area (Å²) < 4.78 is 1.13. The van der Waals surface area contributed by atoms with E-state index >= 15 is 0 Å². The van der Waals surface area contributed by atoms with Gasteiger partial charge in [0.2, 0.25) is 0 Å². The van der Waals surface area contributed by atoms with Gasteiger partial charge in [-0.1, -0.05) is 22.6 Å². The number of nitrogens with zero attached hydrogens (tertiary/aromatic N) is 1. The number of alkyl halides is 1. The molecule has 9 heavy (non-hydrogen) atoms. The van der Waals surface area contributed by atoms with Crippen LogP contribution in [0.5, 0.6) is 0 Å². The van der Waals surface area contributed by atoms with Crippen LogP contribution in [0.3, 0.4) is 0 Å². The van der Waals surface area contributed by atoms with Gasteiger partial charge in [0.1, 0.15) is 6.23 Å². The first-order chi connectivity index (χ1) is 4.18. The number of aliphatic hydroxyl groups excluding tert-OH is 1. The van der Waals surface area contributed by atoms with E-state index in [4.69, 9.17) is 0 Å². The van der Waals surface area contributed by atoms with Crippen molar-refractivity contribution in [2.75, 3.05) is 18.5 Å². The van der Waals surface area contributed by atoms with E-state index in [1.165, 1.54) is 0 Å². The van der Waals surface area contributed by atoms with Crippen LogP contribution in [-0.4, -0.2) is 34.8 Å². The fraction of sp³-hybridized carbons (Fsp3) is 1.00. The zero-order valence-corrected chi connectivity index (χ0v) is 8.13. The molecule has 0 radical (unpaired) electrons. The Balaban J connectivity index is 3.16. The van der Waals surface area contributed by atoms with Gasteiger partial charge in [-0.15, -0.1) is 0 Å². The summed E-state index contributed by atoms with van der Waals surface area (Å²) in [6, 6.07) is 0. The monoisotopic (exact) mass is 243 g/mol. The van der Waals surface area contributed by atoms with E-state index in [0.29, 0.717) is 0 Å². The summed E-state index contributed by atoms with van der Waals surface area (Å²) in [6.07, 6.45) is 1.73. The molecular formula is C6H14INO. The molecule has 0 aliphatic rings. The third-order valence-corrected chi connectivity index (χ3v) is 1.95. The number of hydrogen-bond acceptors (Lipinski definition) is 2. The lowest BCUT2D eigenvalue weighted by Crippen LogP contribution is -2.27. The summed E-state index contributed by atoms with van der Waals surface area (Å²) >= 11 is 2.31. The van der Waals surface area contributed by atoms with Crippen molar-refractivity contribution in [3.63, 3.8) is 0 Å². The predicted octanol–water partition coefficient (Wildman–Crippen LogP) is 1.08. The number of aliphatic hydroxyl groups is 1. The first-order valence-electron chi connectivity index (χ1n) is 3.09. The molecule has 0 aromatic rings. The predicted molar refractivity (Wildman–Crippen MR) is 47.8 cm³/mol. The van der Waals surface area contributed by atoms with Gasteiger partial charge < -0.3 is 5.11 Å². The van der Waals surface area contributed by atoms with Crippen molar-refractivity contribution in [3.05, 3.63) is 0 Å². The van der Waals surface area contributed by atoms with Crippen LogP contribution in [0.1, 0.15) is 12.8 Å². The molecule has 2 nitrogen and oxygen atoms in total. The van der Waals surface area contributed by atoms with Crippen LogP contribution >= 0.6 is 22.6 Å². The fourth-order valence-electron chi connectivity index (χ4n) is 0.518. The topological polar surface area (TPSA) is 23.5 Å². The fourth-order valence-corrected chi connectivity index (χ4v) is 0.958. The molecular weight excluding hydrogens is 229 g/mol. The average molecular weight is 243 g/mol. The van der Waals surface area contributed by atoms with Gasteiger partial charge in [-0.2, -0.15) is 0 Å². The van der Waals surface area contributed by atoms with Gasteiger partial charge in [-0.05, 0) is 31.4 Å². The molecule has 1 unspecified atom stereocenters. The molecule has 1 N–H and O–H groups in total. The van der Waals surface area contributed by atoms with Crippen molar-refractivity contribution >= 4 is 22.6 Å². The first kappa shape index (κ1) is 9.65. The maximum absolute atomic E-state index is 9.18. The van der Waals surface area contributed by atoms with E-state index in [1.807, 2.05) is 19.0 Å². The molecule has 0 saturated carbocycles. The van der Waals surface area contributed by atoms with Crippen molar-refractivity contribution in [1.82, 2.24) is 4.90 Å². The molecule has 0 bridgehead atoms. The number of halogens is 1. The molecule has 0 aliphatic heterocycles. The second kappa shape index (κ2) is 5.44. The maximum atomic E-state index is 9.18. The summed E-state index contributed by atoms with van der Waals surface area (Å²) in [4.78, 5) is 1.83. The van der Waals surface area contributed by atoms with Crippen LogP contribution in [-0.2, 0) is 0 Å². The van der Waals surface area contributed by atoms with Gasteiger partial charge in [0, 0.05) is 0 Å². The van der Waals surface area contributed by atoms with Gasteiger partial charge in [0.05, 0.1) is 0 Å². The van der Waals surface area contributed by atoms with Crippen molar-refractivity contribution in [2.24, 2.45) is 0 Å². The minimum atomic E-state index is -0.250. The molecule has 0 aliphatic carbocycles. The standard InChI is InChI=1S/C6H14INO/c1-8(2)6(9)4-3-5-7/h6,9H,3-5H2,1-2H3. The Labute approximate surface area is 70.4 Å². The molecule has 0 spiro atoms. The van der Waals surface area contributed by atoms with E-state index in [0.717, 1.165) is 17.3 Å². The summed E-state index contributed by atoms with van der Waals surface area (Å²) in [5, 5.41) is 9.18. The van der Waals surface area contributed by atoms with Crippen LogP contribution in [0.2, 0.25) is 0 Å². The molecule has 3 heteroatoms. The zero-order valence-electron chi connectivity index (χ0n) is 5.97. The smallest absolute Gasteiger partial charge is 0.106 e. The Morgan fingerprint density at radius 2 is 2.11 bits per heavy atom. The minimum absolute atomic E-state index is 0.250. The minimum Gasteiger partial charge on any atom is -0.378 e. The van der Waals surface area contributed by atoms with Gasteiger partial charge >= 0.3 is 0 Å². The van der Waals surface area contributed by atoms with Crippen molar-refractivity contribution < 1.29 is 5.11 Å². The van der Waals surface area contributed by atoms with Crippen LogP contribution in [0.15, 0.2) is 0 Å². The van der Waals surface area contributed by atoms with Gasteiger partial charge in [-0.25, -0.2) is 0 Å². The van der Waals surface area contributed by atoms with Crippen LogP contribution in [0, 0.1) is 0 Å². The lowest BCUT2D eigenvalue weighted by atomic mass is 10.3. The average Bonchev–Trinajstić information content (AvgIpc) is 1.82. The Hall–Kier alpha value is 0.650. The summed E-state index contributed by atoms with van der Waals surface area (Å²) in [5.41, 5.74) is 0. The van der Waals surface area contributed by atoms with Crippen molar-refractivity contribution in [2.45, 2.75) is 19.1 Å². The molecule has 0 saturated heterocycles. The highest BCUT2D eigenvalue weighted by Crippen LogP contribution is 2.01. The van der Waals surface area contributed by atoms with Crippen LogP contribution in [0.4, 0.5) is 0 Å². The molecule has 0 amide bonds. The second-order valence-electron chi connectivity index (χ2n) is 2.28. The van der Waals surface area contributed by atoms with E-state index in [1.54, 1.807) is 0 Å². The van der Waals surface area contributed by atoms with E-state index < -0.39 is 0 Å². The lowest BCUT2D eigenvalue weighted by molar-refractivity contribution is 0.0333. The lowest BCUT2D eigenvalue weighted by Gasteiger charge is -2.17. The van der Waals surface area contributed by atoms with Gasteiger partial charge in [0.15, 0.2) is 0 Å². The number of hydrogen-bond donors (Lipinski definition) is 1. The van der Waals surface area contributed by atoms with E-state index in [2.05, 4.69) is 22.6 Å². The zero-order chi connectivity index (χ0) is 7.28. The highest BCUT2D eigenvalue weighted by atomic mass is 127. The maximum Gasteiger partial charge on any atom is 0.106 e. The third kappa shape index (κ3) is 5.11. The molecule has 0 aromatic carbocycles. The molecule has 0 heterocycles. The second-order valence-corrected chi connectivity index (χ2v) is 3.35. The molecule has 0 rings (SSSR count). The van der Waals surface area contributed by atoms with Gasteiger partial charge in [0.25, 0.3) is 0 Å². The Kier molecular flexibility index (Phi) is 5.83. The van der Waals surface area contributed by atoms with Crippen molar-refractivity contribution in [1.29, 1.82) is 0 Å². The van der Waals surface area contributed by atoms with Crippen LogP contribution in [0.25, 0.3) is 0 Å². The Morgan fingerprint density at radius 3 is 2.44 bits per heavy atom. The third-order valence-electron chi connectivity index (χ3n) is 1.19.